The fraction of sp³-hybridized carbons (Fsp3) is 1.00. The fourth-order valence-corrected chi connectivity index (χ4v) is 3.25. The maximum absolute atomic E-state index is 5.91. The molecule has 20 heavy (non-hydrogen) atoms. The van der Waals surface area contributed by atoms with Gasteiger partial charge in [-0.05, 0) is 19.4 Å². The van der Waals surface area contributed by atoms with Crippen molar-refractivity contribution in [1.82, 2.24) is 9.80 Å². The molecule has 120 valence electrons. The van der Waals surface area contributed by atoms with Gasteiger partial charge in [-0.15, -0.1) is 0 Å². The summed E-state index contributed by atoms with van der Waals surface area (Å²) in [6.07, 6.45) is 10.9. The summed E-state index contributed by atoms with van der Waals surface area (Å²) in [5, 5.41) is 0. The van der Waals surface area contributed by atoms with Gasteiger partial charge in [0.25, 0.3) is 0 Å². The Hall–Kier alpha value is -0.120. The molecule has 0 bridgehead atoms. The van der Waals surface area contributed by atoms with Crippen LogP contribution < -0.4 is 5.73 Å². The topological polar surface area (TPSA) is 32.5 Å². The van der Waals surface area contributed by atoms with Crippen molar-refractivity contribution in [2.24, 2.45) is 5.73 Å². The zero-order valence-electron chi connectivity index (χ0n) is 13.9. The van der Waals surface area contributed by atoms with E-state index in [0.717, 1.165) is 6.54 Å². The monoisotopic (exact) mass is 283 g/mol. The highest BCUT2D eigenvalue weighted by atomic mass is 15.3. The van der Waals surface area contributed by atoms with E-state index in [0.29, 0.717) is 6.04 Å². The number of nitrogens with two attached hydrogens (primary N) is 1. The van der Waals surface area contributed by atoms with Crippen LogP contribution in [0.25, 0.3) is 0 Å². The van der Waals surface area contributed by atoms with Crippen LogP contribution in [0.1, 0.15) is 65.2 Å². The van der Waals surface area contributed by atoms with Gasteiger partial charge in [-0.1, -0.05) is 52.4 Å². The molecule has 3 heteroatoms. The second-order valence-corrected chi connectivity index (χ2v) is 6.32. The van der Waals surface area contributed by atoms with Crippen molar-refractivity contribution in [2.45, 2.75) is 71.3 Å². The smallest absolute Gasteiger partial charge is 0.0219 e. The molecule has 1 fully saturated rings. The molecule has 0 amide bonds. The van der Waals surface area contributed by atoms with Gasteiger partial charge in [-0.25, -0.2) is 0 Å². The Morgan fingerprint density at radius 3 is 2.10 bits per heavy atom. The van der Waals surface area contributed by atoms with Gasteiger partial charge in [0.15, 0.2) is 0 Å². The number of unbranched alkanes of at least 4 members (excludes halogenated alkanes) is 5. The summed E-state index contributed by atoms with van der Waals surface area (Å²) in [5.74, 6) is 0. The van der Waals surface area contributed by atoms with Gasteiger partial charge in [0.05, 0.1) is 0 Å². The molecule has 0 aromatic carbocycles. The van der Waals surface area contributed by atoms with Crippen LogP contribution >= 0.6 is 0 Å². The Morgan fingerprint density at radius 1 is 0.850 bits per heavy atom. The molecule has 0 saturated carbocycles. The number of rotatable bonds is 11. The molecule has 1 rings (SSSR count). The Bertz CT molecular complexity index is 212. The molecule has 1 aliphatic heterocycles. The minimum Gasteiger partial charge on any atom is -0.329 e. The summed E-state index contributed by atoms with van der Waals surface area (Å²) in [5.41, 5.74) is 5.91. The van der Waals surface area contributed by atoms with Gasteiger partial charge in [0, 0.05) is 38.8 Å². The lowest BCUT2D eigenvalue weighted by Crippen LogP contribution is -2.52. The average molecular weight is 284 g/mol. The Balaban J connectivity index is 2.06. The Kier molecular flexibility index (Phi) is 10.3. The number of piperazine rings is 1. The van der Waals surface area contributed by atoms with E-state index >= 15 is 0 Å². The summed E-state index contributed by atoms with van der Waals surface area (Å²) in [7, 11) is 0. The van der Waals surface area contributed by atoms with Gasteiger partial charge in [-0.2, -0.15) is 0 Å². The summed E-state index contributed by atoms with van der Waals surface area (Å²) in [6, 6.07) is 0.621. The summed E-state index contributed by atoms with van der Waals surface area (Å²) >= 11 is 0. The van der Waals surface area contributed by atoms with Gasteiger partial charge in [0.1, 0.15) is 0 Å². The number of hydrogen-bond donors (Lipinski definition) is 1. The minimum atomic E-state index is 0.621. The van der Waals surface area contributed by atoms with Crippen molar-refractivity contribution < 1.29 is 0 Å². The maximum Gasteiger partial charge on any atom is 0.0219 e. The van der Waals surface area contributed by atoms with Crippen LogP contribution in [0.2, 0.25) is 0 Å². The molecule has 0 radical (unpaired) electrons. The lowest BCUT2D eigenvalue weighted by atomic mass is 10.1. The third-order valence-corrected chi connectivity index (χ3v) is 4.65. The first-order valence-electron chi connectivity index (χ1n) is 8.98. The molecule has 2 N–H and O–H groups in total. The second kappa shape index (κ2) is 11.5. The van der Waals surface area contributed by atoms with Crippen LogP contribution in [0.5, 0.6) is 0 Å². The van der Waals surface area contributed by atoms with E-state index in [-0.39, 0.29) is 0 Å². The van der Waals surface area contributed by atoms with Crippen molar-refractivity contribution in [3.8, 4) is 0 Å². The molecule has 0 aliphatic carbocycles. The van der Waals surface area contributed by atoms with Crippen molar-refractivity contribution in [3.05, 3.63) is 0 Å². The first-order chi connectivity index (χ1) is 9.81. The molecule has 3 nitrogen and oxygen atoms in total. The normalized spacial score (nSPS) is 19.4. The Labute approximate surface area is 126 Å². The average Bonchev–Trinajstić information content (AvgIpc) is 2.49. The predicted octanol–water partition coefficient (Wildman–Crippen LogP) is 3.09. The maximum atomic E-state index is 5.91. The predicted molar refractivity (Wildman–Crippen MR) is 89.1 cm³/mol. The van der Waals surface area contributed by atoms with Gasteiger partial charge in [0.2, 0.25) is 0 Å². The van der Waals surface area contributed by atoms with E-state index in [1.807, 2.05) is 0 Å². The van der Waals surface area contributed by atoms with E-state index in [1.165, 1.54) is 84.1 Å². The van der Waals surface area contributed by atoms with Gasteiger partial charge < -0.3 is 10.6 Å². The third kappa shape index (κ3) is 7.05. The Morgan fingerprint density at radius 2 is 1.50 bits per heavy atom. The zero-order valence-corrected chi connectivity index (χ0v) is 13.9. The van der Waals surface area contributed by atoms with Gasteiger partial charge >= 0.3 is 0 Å². The summed E-state index contributed by atoms with van der Waals surface area (Å²) in [4.78, 5) is 5.26. The van der Waals surface area contributed by atoms with Crippen molar-refractivity contribution in [3.63, 3.8) is 0 Å². The van der Waals surface area contributed by atoms with Crippen LogP contribution in [-0.4, -0.2) is 55.1 Å². The van der Waals surface area contributed by atoms with E-state index in [4.69, 9.17) is 5.73 Å². The SMILES string of the molecule is CCCCCCCCN1CCN(C(CN)CCC)CC1. The van der Waals surface area contributed by atoms with Crippen molar-refractivity contribution in [2.75, 3.05) is 39.3 Å². The summed E-state index contributed by atoms with van der Waals surface area (Å²) in [6.45, 7) is 11.6. The molecule has 1 atom stereocenters. The van der Waals surface area contributed by atoms with E-state index < -0.39 is 0 Å². The summed E-state index contributed by atoms with van der Waals surface area (Å²) < 4.78 is 0. The second-order valence-electron chi connectivity index (χ2n) is 6.32. The highest BCUT2D eigenvalue weighted by molar-refractivity contribution is 4.79. The zero-order chi connectivity index (χ0) is 14.6. The lowest BCUT2D eigenvalue weighted by Gasteiger charge is -2.39. The van der Waals surface area contributed by atoms with E-state index in [1.54, 1.807) is 0 Å². The molecular formula is C17H37N3. The van der Waals surface area contributed by atoms with E-state index in [2.05, 4.69) is 23.6 Å². The van der Waals surface area contributed by atoms with Crippen molar-refractivity contribution >= 4 is 0 Å². The van der Waals surface area contributed by atoms with Crippen molar-refractivity contribution in [1.29, 1.82) is 0 Å². The lowest BCUT2D eigenvalue weighted by molar-refractivity contribution is 0.0934. The first kappa shape index (κ1) is 17.9. The highest BCUT2D eigenvalue weighted by Gasteiger charge is 2.21. The quantitative estimate of drug-likeness (QED) is 0.591. The molecule has 0 aromatic rings. The van der Waals surface area contributed by atoms with Gasteiger partial charge in [-0.3, -0.25) is 4.90 Å². The van der Waals surface area contributed by atoms with Crippen LogP contribution in [-0.2, 0) is 0 Å². The number of nitrogens with zero attached hydrogens (tertiary/aromatic N) is 2. The van der Waals surface area contributed by atoms with Crippen LogP contribution in [0.15, 0.2) is 0 Å². The van der Waals surface area contributed by atoms with Crippen LogP contribution in [0.4, 0.5) is 0 Å². The molecule has 0 aromatic heterocycles. The van der Waals surface area contributed by atoms with Crippen LogP contribution in [0.3, 0.4) is 0 Å². The van der Waals surface area contributed by atoms with Crippen LogP contribution in [0, 0.1) is 0 Å². The highest BCUT2D eigenvalue weighted by Crippen LogP contribution is 2.12. The largest absolute Gasteiger partial charge is 0.329 e. The third-order valence-electron chi connectivity index (χ3n) is 4.65. The standard InChI is InChI=1S/C17H37N3/c1-3-5-6-7-8-9-11-19-12-14-20(15-13-19)17(16-18)10-4-2/h17H,3-16,18H2,1-2H3. The molecule has 1 heterocycles. The number of hydrogen-bond acceptors (Lipinski definition) is 3. The molecular weight excluding hydrogens is 246 g/mol. The minimum absolute atomic E-state index is 0.621. The molecule has 1 aliphatic rings. The molecule has 0 spiro atoms. The first-order valence-corrected chi connectivity index (χ1v) is 8.98. The molecule has 1 saturated heterocycles. The molecule has 1 unspecified atom stereocenters. The fourth-order valence-electron chi connectivity index (χ4n) is 3.25. The van der Waals surface area contributed by atoms with E-state index in [9.17, 15) is 0 Å².